The molecule has 3 rings (SSSR count). The maximum Gasteiger partial charge on any atom is 0.274 e. The summed E-state index contributed by atoms with van der Waals surface area (Å²) in [6, 6.07) is 10.4. The number of carbonyl (C=O) groups is 1. The third kappa shape index (κ3) is 2.98. The Morgan fingerprint density at radius 3 is 2.75 bits per heavy atom. The van der Waals surface area contributed by atoms with Crippen LogP contribution in [-0.4, -0.2) is 16.2 Å². The summed E-state index contributed by atoms with van der Waals surface area (Å²) in [4.78, 5) is 26.3. The van der Waals surface area contributed by atoms with Gasteiger partial charge in [-0.05, 0) is 31.2 Å². The molecule has 1 heterocycles. The SMILES string of the molecule is Cc1ccc(Nc2c(C=O)cnc3cc(Br)ccc23)cc1[N+](=O)[O-]. The molecule has 1 N–H and O–H groups in total. The van der Waals surface area contributed by atoms with Gasteiger partial charge in [-0.25, -0.2) is 0 Å². The first-order chi connectivity index (χ1) is 11.5. The molecule has 0 amide bonds. The van der Waals surface area contributed by atoms with Crippen LogP contribution in [0.5, 0.6) is 0 Å². The van der Waals surface area contributed by atoms with Crippen molar-refractivity contribution in [3.05, 3.63) is 68.3 Å². The number of benzene rings is 2. The average Bonchev–Trinajstić information content (AvgIpc) is 2.56. The number of pyridine rings is 1. The number of nitrogens with zero attached hydrogens (tertiary/aromatic N) is 2. The lowest BCUT2D eigenvalue weighted by Gasteiger charge is -2.12. The topological polar surface area (TPSA) is 85.1 Å². The molecule has 0 bridgehead atoms. The van der Waals surface area contributed by atoms with Crippen LogP contribution in [-0.2, 0) is 0 Å². The minimum Gasteiger partial charge on any atom is -0.354 e. The van der Waals surface area contributed by atoms with E-state index in [0.717, 1.165) is 9.86 Å². The molecule has 2 aromatic carbocycles. The molecule has 0 aliphatic heterocycles. The molecule has 0 spiro atoms. The van der Waals surface area contributed by atoms with Gasteiger partial charge in [0.25, 0.3) is 5.69 Å². The van der Waals surface area contributed by atoms with Crippen LogP contribution < -0.4 is 5.32 Å². The molecular weight excluding hydrogens is 374 g/mol. The van der Waals surface area contributed by atoms with E-state index in [1.807, 2.05) is 18.2 Å². The van der Waals surface area contributed by atoms with Crippen molar-refractivity contribution in [1.82, 2.24) is 4.98 Å². The van der Waals surface area contributed by atoms with Crippen LogP contribution in [0.15, 0.2) is 47.1 Å². The van der Waals surface area contributed by atoms with Crippen LogP contribution in [0, 0.1) is 17.0 Å². The predicted octanol–water partition coefficient (Wildman–Crippen LogP) is 4.77. The lowest BCUT2D eigenvalue weighted by molar-refractivity contribution is -0.385. The van der Waals surface area contributed by atoms with Gasteiger partial charge in [0, 0.05) is 33.4 Å². The molecule has 1 aromatic heterocycles. The summed E-state index contributed by atoms with van der Waals surface area (Å²) in [6.45, 7) is 1.68. The summed E-state index contributed by atoms with van der Waals surface area (Å²) < 4.78 is 0.873. The van der Waals surface area contributed by atoms with Gasteiger partial charge in [0.2, 0.25) is 0 Å². The molecule has 3 aromatic rings. The molecule has 0 aliphatic rings. The summed E-state index contributed by atoms with van der Waals surface area (Å²) in [5.41, 5.74) is 2.79. The van der Waals surface area contributed by atoms with Crippen molar-refractivity contribution in [3.8, 4) is 0 Å². The number of hydrogen-bond acceptors (Lipinski definition) is 5. The average molecular weight is 386 g/mol. The highest BCUT2D eigenvalue weighted by Gasteiger charge is 2.14. The molecule has 24 heavy (non-hydrogen) atoms. The fourth-order valence-corrected chi connectivity index (χ4v) is 2.79. The van der Waals surface area contributed by atoms with Gasteiger partial charge in [-0.15, -0.1) is 0 Å². The van der Waals surface area contributed by atoms with E-state index in [-0.39, 0.29) is 5.69 Å². The number of nitrogens with one attached hydrogen (secondary N) is 1. The maximum absolute atomic E-state index is 11.4. The lowest BCUT2D eigenvalue weighted by atomic mass is 10.1. The second kappa shape index (κ2) is 6.37. The Balaban J connectivity index is 2.14. The molecular formula is C17H12BrN3O3. The second-order valence-electron chi connectivity index (χ2n) is 5.25. The molecule has 7 heteroatoms. The second-order valence-corrected chi connectivity index (χ2v) is 6.17. The number of aromatic nitrogens is 1. The van der Waals surface area contributed by atoms with E-state index in [2.05, 4.69) is 26.2 Å². The standard InChI is InChI=1S/C17H12BrN3O3/c1-10-2-4-13(7-16(10)21(23)24)20-17-11(9-22)8-19-15-6-12(18)3-5-14(15)17/h2-9H,1H3,(H,19,20). The van der Waals surface area contributed by atoms with Crippen molar-refractivity contribution in [2.75, 3.05) is 5.32 Å². The number of aryl methyl sites for hydroxylation is 1. The number of fused-ring (bicyclic) bond motifs is 1. The molecule has 6 nitrogen and oxygen atoms in total. The largest absolute Gasteiger partial charge is 0.354 e. The van der Waals surface area contributed by atoms with Crippen LogP contribution in [0.25, 0.3) is 10.9 Å². The van der Waals surface area contributed by atoms with E-state index >= 15 is 0 Å². The van der Waals surface area contributed by atoms with Gasteiger partial charge in [-0.3, -0.25) is 19.9 Å². The highest BCUT2D eigenvalue weighted by molar-refractivity contribution is 9.10. The van der Waals surface area contributed by atoms with Gasteiger partial charge in [-0.2, -0.15) is 0 Å². The van der Waals surface area contributed by atoms with Crippen LogP contribution in [0.1, 0.15) is 15.9 Å². The van der Waals surface area contributed by atoms with Crippen molar-refractivity contribution in [2.24, 2.45) is 0 Å². The van der Waals surface area contributed by atoms with Crippen LogP contribution in [0.3, 0.4) is 0 Å². The fourth-order valence-electron chi connectivity index (χ4n) is 2.44. The van der Waals surface area contributed by atoms with E-state index in [4.69, 9.17) is 0 Å². The molecule has 0 aliphatic carbocycles. The fraction of sp³-hybridized carbons (Fsp3) is 0.0588. The molecule has 0 atom stereocenters. The first kappa shape index (κ1) is 16.1. The molecule has 0 saturated heterocycles. The van der Waals surface area contributed by atoms with Crippen molar-refractivity contribution in [2.45, 2.75) is 6.92 Å². The summed E-state index contributed by atoms with van der Waals surface area (Å²) >= 11 is 3.39. The molecule has 0 fully saturated rings. The van der Waals surface area contributed by atoms with E-state index in [9.17, 15) is 14.9 Å². The predicted molar refractivity (Wildman–Crippen MR) is 95.9 cm³/mol. The molecule has 0 saturated carbocycles. The minimum absolute atomic E-state index is 0.0220. The highest BCUT2D eigenvalue weighted by atomic mass is 79.9. The van der Waals surface area contributed by atoms with Gasteiger partial charge >= 0.3 is 0 Å². The van der Waals surface area contributed by atoms with Crippen molar-refractivity contribution < 1.29 is 9.72 Å². The van der Waals surface area contributed by atoms with Gasteiger partial charge < -0.3 is 5.32 Å². The van der Waals surface area contributed by atoms with Crippen LogP contribution >= 0.6 is 15.9 Å². The molecule has 0 radical (unpaired) electrons. The number of hydrogen-bond donors (Lipinski definition) is 1. The van der Waals surface area contributed by atoms with Crippen LogP contribution in [0.2, 0.25) is 0 Å². The summed E-state index contributed by atoms with van der Waals surface area (Å²) in [6.07, 6.45) is 2.19. The Labute approximate surface area is 145 Å². The van der Waals surface area contributed by atoms with E-state index < -0.39 is 4.92 Å². The van der Waals surface area contributed by atoms with E-state index in [0.29, 0.717) is 34.3 Å². The maximum atomic E-state index is 11.4. The minimum atomic E-state index is -0.428. The normalized spacial score (nSPS) is 10.6. The summed E-state index contributed by atoms with van der Waals surface area (Å²) in [5.74, 6) is 0. The number of aldehydes is 1. The first-order valence-electron chi connectivity index (χ1n) is 7.05. The number of halogens is 1. The number of anilines is 2. The number of rotatable bonds is 4. The third-order valence-corrected chi connectivity index (χ3v) is 4.16. The van der Waals surface area contributed by atoms with Gasteiger partial charge in [-0.1, -0.05) is 22.0 Å². The van der Waals surface area contributed by atoms with Gasteiger partial charge in [0.15, 0.2) is 6.29 Å². The molecule has 0 unspecified atom stereocenters. The molecule has 120 valence electrons. The van der Waals surface area contributed by atoms with E-state index in [1.165, 1.54) is 12.3 Å². The van der Waals surface area contributed by atoms with E-state index in [1.54, 1.807) is 19.1 Å². The zero-order valence-corrected chi connectivity index (χ0v) is 14.2. The van der Waals surface area contributed by atoms with Gasteiger partial charge in [0.1, 0.15) is 0 Å². The van der Waals surface area contributed by atoms with Crippen LogP contribution in [0.4, 0.5) is 17.1 Å². The Kier molecular flexibility index (Phi) is 4.26. The third-order valence-electron chi connectivity index (χ3n) is 3.66. The van der Waals surface area contributed by atoms with Crippen molar-refractivity contribution in [3.63, 3.8) is 0 Å². The number of nitro benzene ring substituents is 1. The Hall–Kier alpha value is -2.80. The van der Waals surface area contributed by atoms with Gasteiger partial charge in [0.05, 0.1) is 21.7 Å². The zero-order valence-electron chi connectivity index (χ0n) is 12.6. The lowest BCUT2D eigenvalue weighted by Crippen LogP contribution is -2.00. The zero-order chi connectivity index (χ0) is 17.3. The number of nitro groups is 1. The quantitative estimate of drug-likeness (QED) is 0.397. The summed E-state index contributed by atoms with van der Waals surface area (Å²) in [7, 11) is 0. The summed E-state index contributed by atoms with van der Waals surface area (Å²) in [5, 5.41) is 15.0. The first-order valence-corrected chi connectivity index (χ1v) is 7.84. The smallest absolute Gasteiger partial charge is 0.274 e. The Morgan fingerprint density at radius 2 is 2.04 bits per heavy atom. The Morgan fingerprint density at radius 1 is 1.25 bits per heavy atom. The number of carbonyl (C=O) groups excluding carboxylic acids is 1. The highest BCUT2D eigenvalue weighted by Crippen LogP contribution is 2.31. The Bertz CT molecular complexity index is 973. The monoisotopic (exact) mass is 385 g/mol. The van der Waals surface area contributed by atoms with Crippen molar-refractivity contribution >= 4 is 50.2 Å². The van der Waals surface area contributed by atoms with Crippen molar-refractivity contribution in [1.29, 1.82) is 0 Å².